The van der Waals surface area contributed by atoms with Gasteiger partial charge in [0.2, 0.25) is 0 Å². The Hall–Kier alpha value is -1.70. The number of benzene rings is 1. The molecule has 4 rings (SSSR count). The van der Waals surface area contributed by atoms with Crippen LogP contribution in [-0.2, 0) is 9.53 Å². The topological polar surface area (TPSA) is 67.3 Å². The molecule has 1 aromatic heterocycles. The zero-order chi connectivity index (χ0) is 19.3. The minimum atomic E-state index is -0.0384. The second kappa shape index (κ2) is 10.4. The number of aromatic nitrogens is 2. The number of nitrogens with zero attached hydrogens (tertiary/aromatic N) is 3. The van der Waals surface area contributed by atoms with Crippen molar-refractivity contribution < 1.29 is 9.53 Å². The summed E-state index contributed by atoms with van der Waals surface area (Å²) in [6.07, 6.45) is 3.75. The number of ether oxygens (including phenoxy) is 1. The summed E-state index contributed by atoms with van der Waals surface area (Å²) in [7, 11) is 0. The highest BCUT2D eigenvalue weighted by atomic mass is 35.5. The van der Waals surface area contributed by atoms with Crippen molar-refractivity contribution in [3.8, 4) is 10.6 Å². The average molecular weight is 437 g/mol. The van der Waals surface area contributed by atoms with Crippen molar-refractivity contribution in [2.75, 3.05) is 37.7 Å². The first-order chi connectivity index (χ1) is 13.7. The molecule has 0 unspecified atom stereocenters. The molecular formula is C21H29ClN4O2S. The van der Waals surface area contributed by atoms with Gasteiger partial charge in [0.1, 0.15) is 10.0 Å². The van der Waals surface area contributed by atoms with Gasteiger partial charge in [-0.2, -0.15) is 0 Å². The standard InChI is InChI=1S/C21H28N4O2S.ClH/c1-2-27-21(26)17-5-3-15(4-6-17)19-23-24-20(28-19)16-7-9-18(10-8-16)25-13-11-22-12-14-25;/h7-10,15,17,22H,2-6,11-14H2,1H3;1H. The van der Waals surface area contributed by atoms with E-state index in [-0.39, 0.29) is 24.3 Å². The number of carbonyl (C=O) groups is 1. The van der Waals surface area contributed by atoms with E-state index in [2.05, 4.69) is 44.7 Å². The van der Waals surface area contributed by atoms with Crippen molar-refractivity contribution in [1.82, 2.24) is 15.5 Å². The molecule has 0 amide bonds. The Balaban J connectivity index is 0.00000240. The van der Waals surface area contributed by atoms with E-state index < -0.39 is 0 Å². The lowest BCUT2D eigenvalue weighted by molar-refractivity contribution is -0.149. The predicted molar refractivity (Wildman–Crippen MR) is 119 cm³/mol. The third-order valence-electron chi connectivity index (χ3n) is 5.73. The average Bonchev–Trinajstić information content (AvgIpc) is 3.25. The lowest BCUT2D eigenvalue weighted by atomic mass is 9.82. The summed E-state index contributed by atoms with van der Waals surface area (Å²) >= 11 is 1.69. The minimum absolute atomic E-state index is 0. The van der Waals surface area contributed by atoms with Crippen LogP contribution in [0.2, 0.25) is 0 Å². The van der Waals surface area contributed by atoms with Crippen LogP contribution in [0.4, 0.5) is 5.69 Å². The summed E-state index contributed by atoms with van der Waals surface area (Å²) in [5.41, 5.74) is 2.40. The summed E-state index contributed by atoms with van der Waals surface area (Å²) in [4.78, 5) is 14.3. The third-order valence-corrected chi connectivity index (χ3v) is 6.87. The highest BCUT2D eigenvalue weighted by Crippen LogP contribution is 2.39. The zero-order valence-corrected chi connectivity index (χ0v) is 18.4. The van der Waals surface area contributed by atoms with E-state index in [1.54, 1.807) is 11.3 Å². The largest absolute Gasteiger partial charge is 0.466 e. The molecule has 2 heterocycles. The second-order valence-corrected chi connectivity index (χ2v) is 8.54. The molecule has 1 saturated heterocycles. The Labute approximate surface area is 182 Å². The summed E-state index contributed by atoms with van der Waals surface area (Å²) < 4.78 is 5.17. The highest BCUT2D eigenvalue weighted by molar-refractivity contribution is 7.14. The SMILES string of the molecule is CCOC(=O)C1CCC(c2nnc(-c3ccc(N4CCNCC4)cc3)s2)CC1.Cl. The van der Waals surface area contributed by atoms with Crippen molar-refractivity contribution in [1.29, 1.82) is 0 Å². The van der Waals surface area contributed by atoms with Gasteiger partial charge in [0, 0.05) is 43.3 Å². The fraction of sp³-hybridized carbons (Fsp3) is 0.571. The number of hydrogen-bond donors (Lipinski definition) is 1. The Morgan fingerprint density at radius 3 is 2.48 bits per heavy atom. The Morgan fingerprint density at radius 2 is 1.83 bits per heavy atom. The van der Waals surface area contributed by atoms with Gasteiger partial charge in [-0.25, -0.2) is 0 Å². The van der Waals surface area contributed by atoms with Crippen LogP contribution in [0.1, 0.15) is 43.5 Å². The van der Waals surface area contributed by atoms with Crippen molar-refractivity contribution in [2.24, 2.45) is 5.92 Å². The van der Waals surface area contributed by atoms with Crippen LogP contribution in [0.3, 0.4) is 0 Å². The first-order valence-electron chi connectivity index (χ1n) is 10.3. The number of esters is 1. The monoisotopic (exact) mass is 436 g/mol. The first kappa shape index (κ1) is 22.0. The molecule has 0 bridgehead atoms. The molecule has 158 valence electrons. The molecule has 2 fully saturated rings. The maximum absolute atomic E-state index is 11.9. The van der Waals surface area contributed by atoms with Crippen LogP contribution < -0.4 is 10.2 Å². The van der Waals surface area contributed by atoms with Gasteiger partial charge in [-0.3, -0.25) is 4.79 Å². The highest BCUT2D eigenvalue weighted by Gasteiger charge is 2.29. The number of hydrogen-bond acceptors (Lipinski definition) is 7. The van der Waals surface area contributed by atoms with Crippen molar-refractivity contribution in [3.05, 3.63) is 29.3 Å². The van der Waals surface area contributed by atoms with Gasteiger partial charge in [-0.05, 0) is 56.9 Å². The van der Waals surface area contributed by atoms with E-state index in [9.17, 15) is 4.79 Å². The number of carbonyl (C=O) groups excluding carboxylic acids is 1. The summed E-state index contributed by atoms with van der Waals surface area (Å²) in [6.45, 7) is 6.52. The van der Waals surface area contributed by atoms with Crippen LogP contribution in [0.25, 0.3) is 10.6 Å². The van der Waals surface area contributed by atoms with Gasteiger partial charge in [0.25, 0.3) is 0 Å². The lowest BCUT2D eigenvalue weighted by Crippen LogP contribution is -2.43. The Bertz CT molecular complexity index is 784. The fourth-order valence-electron chi connectivity index (χ4n) is 4.09. The number of rotatable bonds is 5. The Morgan fingerprint density at radius 1 is 1.14 bits per heavy atom. The van der Waals surface area contributed by atoms with E-state index >= 15 is 0 Å². The lowest BCUT2D eigenvalue weighted by Gasteiger charge is -2.29. The molecule has 1 N–H and O–H groups in total. The normalized spacial score (nSPS) is 22.0. The molecule has 1 aliphatic carbocycles. The maximum atomic E-state index is 11.9. The molecule has 2 aliphatic rings. The van der Waals surface area contributed by atoms with E-state index in [0.29, 0.717) is 12.5 Å². The van der Waals surface area contributed by atoms with Crippen LogP contribution in [0.5, 0.6) is 0 Å². The molecule has 1 saturated carbocycles. The first-order valence-corrected chi connectivity index (χ1v) is 11.1. The summed E-state index contributed by atoms with van der Waals surface area (Å²) in [6, 6.07) is 8.68. The minimum Gasteiger partial charge on any atom is -0.466 e. The van der Waals surface area contributed by atoms with Crippen molar-refractivity contribution >= 4 is 35.4 Å². The quantitative estimate of drug-likeness (QED) is 0.717. The molecular weight excluding hydrogens is 408 g/mol. The zero-order valence-electron chi connectivity index (χ0n) is 16.8. The van der Waals surface area contributed by atoms with Crippen LogP contribution in [-0.4, -0.2) is 49.0 Å². The van der Waals surface area contributed by atoms with Gasteiger partial charge in [0.05, 0.1) is 12.5 Å². The molecule has 0 spiro atoms. The van der Waals surface area contributed by atoms with Crippen molar-refractivity contribution in [3.63, 3.8) is 0 Å². The van der Waals surface area contributed by atoms with Crippen LogP contribution in [0, 0.1) is 5.92 Å². The number of piperazine rings is 1. The summed E-state index contributed by atoms with van der Waals surface area (Å²) in [5.74, 6) is 0.432. The molecule has 1 aliphatic heterocycles. The molecule has 8 heteroatoms. The van der Waals surface area contributed by atoms with Gasteiger partial charge in [-0.15, -0.1) is 22.6 Å². The van der Waals surface area contributed by atoms with E-state index in [4.69, 9.17) is 4.74 Å². The molecule has 2 aromatic rings. The summed E-state index contributed by atoms with van der Waals surface area (Å²) in [5, 5.41) is 14.4. The van der Waals surface area contributed by atoms with Crippen molar-refractivity contribution in [2.45, 2.75) is 38.5 Å². The number of halogens is 1. The van der Waals surface area contributed by atoms with Gasteiger partial charge < -0.3 is 15.0 Å². The molecule has 0 radical (unpaired) electrons. The number of anilines is 1. The van der Waals surface area contributed by atoms with E-state index in [1.807, 2.05) is 6.92 Å². The van der Waals surface area contributed by atoms with Crippen LogP contribution in [0.15, 0.2) is 24.3 Å². The number of nitrogens with one attached hydrogen (secondary N) is 1. The van der Waals surface area contributed by atoms with Crippen LogP contribution >= 0.6 is 23.7 Å². The van der Waals surface area contributed by atoms with Gasteiger partial charge >= 0.3 is 5.97 Å². The van der Waals surface area contributed by atoms with E-state index in [1.165, 1.54) is 5.69 Å². The Kier molecular flexibility index (Phi) is 7.86. The van der Waals surface area contributed by atoms with Gasteiger partial charge in [-0.1, -0.05) is 11.3 Å². The molecule has 6 nitrogen and oxygen atoms in total. The fourth-order valence-corrected chi connectivity index (χ4v) is 5.11. The second-order valence-electron chi connectivity index (χ2n) is 7.53. The predicted octanol–water partition coefficient (Wildman–Crippen LogP) is 3.87. The van der Waals surface area contributed by atoms with E-state index in [0.717, 1.165) is 67.4 Å². The molecule has 1 aromatic carbocycles. The smallest absolute Gasteiger partial charge is 0.308 e. The van der Waals surface area contributed by atoms with Gasteiger partial charge in [0.15, 0.2) is 0 Å². The maximum Gasteiger partial charge on any atom is 0.308 e. The third kappa shape index (κ3) is 5.27. The molecule has 29 heavy (non-hydrogen) atoms. The molecule has 0 atom stereocenters.